The van der Waals surface area contributed by atoms with Crippen LogP contribution in [0, 0.1) is 6.92 Å². The molecule has 3 aromatic heterocycles. The molecule has 0 saturated carbocycles. The molecule has 5 rings (SSSR count). The summed E-state index contributed by atoms with van der Waals surface area (Å²) in [5.41, 5.74) is 11.7. The highest BCUT2D eigenvalue weighted by Gasteiger charge is 2.15. The molecule has 4 N–H and O–H groups in total. The van der Waals surface area contributed by atoms with E-state index in [1.54, 1.807) is 13.3 Å². The number of fused-ring (bicyclic) bond motifs is 1. The van der Waals surface area contributed by atoms with E-state index >= 15 is 0 Å². The van der Waals surface area contributed by atoms with Crippen LogP contribution in [0.2, 0.25) is 0 Å². The lowest BCUT2D eigenvalue weighted by Gasteiger charge is -2.17. The van der Waals surface area contributed by atoms with Gasteiger partial charge in [-0.15, -0.1) is 0 Å². The number of pyridine rings is 2. The SMILES string of the molecule is CNc1cc(-c2cccnc2Nc2c(C)ccc3c(N)nc(-c4cccc(OC)c4)cc23)ncn1. The Hall–Kier alpha value is -4.72. The van der Waals surface area contributed by atoms with Crippen LogP contribution in [0.5, 0.6) is 5.75 Å². The molecule has 0 bridgehead atoms. The zero-order chi connectivity index (χ0) is 24.4. The first-order valence-electron chi connectivity index (χ1n) is 11.1. The first kappa shape index (κ1) is 22.1. The number of hydrogen-bond acceptors (Lipinski definition) is 8. The van der Waals surface area contributed by atoms with Crippen LogP contribution in [-0.4, -0.2) is 34.1 Å². The van der Waals surface area contributed by atoms with Crippen LogP contribution in [0.1, 0.15) is 5.56 Å². The molecule has 0 aliphatic carbocycles. The average molecular weight is 464 g/mol. The molecular weight excluding hydrogens is 438 g/mol. The Balaban J connectivity index is 1.65. The number of anilines is 4. The van der Waals surface area contributed by atoms with Crippen molar-refractivity contribution in [2.24, 2.45) is 0 Å². The van der Waals surface area contributed by atoms with Gasteiger partial charge in [-0.3, -0.25) is 0 Å². The molecule has 0 amide bonds. The van der Waals surface area contributed by atoms with Crippen molar-refractivity contribution in [2.45, 2.75) is 6.92 Å². The molecule has 0 aliphatic rings. The minimum Gasteiger partial charge on any atom is -0.497 e. The van der Waals surface area contributed by atoms with Gasteiger partial charge in [0.15, 0.2) is 0 Å². The lowest BCUT2D eigenvalue weighted by molar-refractivity contribution is 0.415. The van der Waals surface area contributed by atoms with Crippen LogP contribution < -0.4 is 21.1 Å². The fourth-order valence-electron chi connectivity index (χ4n) is 4.03. The Kier molecular flexibility index (Phi) is 5.85. The van der Waals surface area contributed by atoms with Crippen molar-refractivity contribution in [1.82, 2.24) is 19.9 Å². The second kappa shape index (κ2) is 9.26. The first-order chi connectivity index (χ1) is 17.1. The minimum atomic E-state index is 0.457. The van der Waals surface area contributed by atoms with E-state index < -0.39 is 0 Å². The molecule has 0 unspecified atom stereocenters. The van der Waals surface area contributed by atoms with Crippen molar-refractivity contribution in [1.29, 1.82) is 0 Å². The molecule has 0 aliphatic heterocycles. The summed E-state index contributed by atoms with van der Waals surface area (Å²) in [7, 11) is 3.47. The summed E-state index contributed by atoms with van der Waals surface area (Å²) in [5, 5.41) is 8.41. The summed E-state index contributed by atoms with van der Waals surface area (Å²) >= 11 is 0. The number of rotatable bonds is 6. The Morgan fingerprint density at radius 2 is 1.77 bits per heavy atom. The normalized spacial score (nSPS) is 10.8. The van der Waals surface area contributed by atoms with Crippen LogP contribution in [0.4, 0.5) is 23.1 Å². The van der Waals surface area contributed by atoms with Crippen molar-refractivity contribution in [3.05, 3.63) is 78.8 Å². The van der Waals surface area contributed by atoms with Crippen molar-refractivity contribution in [3.63, 3.8) is 0 Å². The van der Waals surface area contributed by atoms with E-state index in [2.05, 4.69) is 37.5 Å². The molecule has 0 fully saturated rings. The number of benzene rings is 2. The van der Waals surface area contributed by atoms with Gasteiger partial charge in [-0.2, -0.15) is 0 Å². The van der Waals surface area contributed by atoms with E-state index in [4.69, 9.17) is 10.5 Å². The van der Waals surface area contributed by atoms with Gasteiger partial charge in [-0.25, -0.2) is 19.9 Å². The van der Waals surface area contributed by atoms with E-state index in [-0.39, 0.29) is 0 Å². The van der Waals surface area contributed by atoms with Crippen molar-refractivity contribution in [2.75, 3.05) is 30.5 Å². The van der Waals surface area contributed by atoms with Crippen molar-refractivity contribution >= 4 is 33.9 Å². The van der Waals surface area contributed by atoms with Crippen LogP contribution >= 0.6 is 0 Å². The lowest BCUT2D eigenvalue weighted by atomic mass is 10.0. The van der Waals surface area contributed by atoms with Gasteiger partial charge in [-0.1, -0.05) is 24.3 Å². The first-order valence-corrected chi connectivity index (χ1v) is 11.1. The number of hydrogen-bond donors (Lipinski definition) is 3. The molecule has 8 heteroatoms. The monoisotopic (exact) mass is 463 g/mol. The highest BCUT2D eigenvalue weighted by atomic mass is 16.5. The Labute approximate surface area is 203 Å². The molecule has 3 heterocycles. The lowest BCUT2D eigenvalue weighted by Crippen LogP contribution is -2.02. The largest absolute Gasteiger partial charge is 0.497 e. The molecule has 5 aromatic rings. The van der Waals surface area contributed by atoms with Gasteiger partial charge < -0.3 is 21.1 Å². The zero-order valence-corrected chi connectivity index (χ0v) is 19.7. The Morgan fingerprint density at radius 1 is 0.886 bits per heavy atom. The molecular formula is C27H25N7O. The van der Waals surface area contributed by atoms with Gasteiger partial charge in [0.05, 0.1) is 24.2 Å². The highest BCUT2D eigenvalue weighted by molar-refractivity contribution is 6.04. The summed E-state index contributed by atoms with van der Waals surface area (Å²) < 4.78 is 5.39. The number of aromatic nitrogens is 4. The van der Waals surface area contributed by atoms with Crippen LogP contribution in [0.25, 0.3) is 33.3 Å². The second-order valence-electron chi connectivity index (χ2n) is 8.04. The third-order valence-corrected chi connectivity index (χ3v) is 5.87. The molecule has 0 atom stereocenters. The minimum absolute atomic E-state index is 0.457. The maximum atomic E-state index is 6.42. The summed E-state index contributed by atoms with van der Waals surface area (Å²) in [4.78, 5) is 18.0. The number of nitrogens with one attached hydrogen (secondary N) is 2. The van der Waals surface area contributed by atoms with Gasteiger partial charge in [0.1, 0.15) is 29.5 Å². The third-order valence-electron chi connectivity index (χ3n) is 5.87. The van der Waals surface area contributed by atoms with E-state index in [0.717, 1.165) is 56.1 Å². The molecule has 2 aromatic carbocycles. The molecule has 174 valence electrons. The maximum Gasteiger partial charge on any atom is 0.139 e. The van der Waals surface area contributed by atoms with Crippen LogP contribution in [-0.2, 0) is 0 Å². The number of methoxy groups -OCH3 is 1. The Bertz CT molecular complexity index is 1530. The van der Waals surface area contributed by atoms with Crippen molar-refractivity contribution < 1.29 is 4.74 Å². The fraction of sp³-hybridized carbons (Fsp3) is 0.111. The smallest absolute Gasteiger partial charge is 0.139 e. The maximum absolute atomic E-state index is 6.42. The van der Waals surface area contributed by atoms with Crippen LogP contribution in [0.3, 0.4) is 0 Å². The number of nitrogen functional groups attached to an aromatic ring is 1. The molecule has 8 nitrogen and oxygen atoms in total. The quantitative estimate of drug-likeness (QED) is 0.305. The third kappa shape index (κ3) is 4.29. The highest BCUT2D eigenvalue weighted by Crippen LogP contribution is 2.37. The summed E-state index contributed by atoms with van der Waals surface area (Å²) in [6, 6.07) is 19.6. The van der Waals surface area contributed by atoms with E-state index in [0.29, 0.717) is 11.6 Å². The van der Waals surface area contributed by atoms with Gasteiger partial charge in [0.25, 0.3) is 0 Å². The standard InChI is InChI=1S/C27H25N7O/c1-16-9-10-19-21(13-22(33-26(19)28)17-6-4-7-18(12-17)35-3)25(16)34-27-20(8-5-11-30-27)23-14-24(29-2)32-15-31-23/h4-15H,1-3H3,(H2,28,33)(H,30,34)(H,29,31,32). The van der Waals surface area contributed by atoms with Gasteiger partial charge >= 0.3 is 0 Å². The Morgan fingerprint density at radius 3 is 2.60 bits per heavy atom. The number of ether oxygens (including phenoxy) is 1. The van der Waals surface area contributed by atoms with Gasteiger partial charge in [0, 0.05) is 41.2 Å². The topological polar surface area (TPSA) is 111 Å². The van der Waals surface area contributed by atoms with E-state index in [9.17, 15) is 0 Å². The van der Waals surface area contributed by atoms with E-state index in [1.807, 2.05) is 67.7 Å². The van der Waals surface area contributed by atoms with Crippen LogP contribution in [0.15, 0.2) is 73.2 Å². The number of nitrogens with two attached hydrogens (primary N) is 1. The fourth-order valence-corrected chi connectivity index (χ4v) is 4.03. The average Bonchev–Trinajstić information content (AvgIpc) is 2.90. The molecule has 0 saturated heterocycles. The number of nitrogens with zero attached hydrogens (tertiary/aromatic N) is 4. The summed E-state index contributed by atoms with van der Waals surface area (Å²) in [6.45, 7) is 2.05. The van der Waals surface area contributed by atoms with Crippen molar-refractivity contribution in [3.8, 4) is 28.3 Å². The predicted molar refractivity (Wildman–Crippen MR) is 141 cm³/mol. The van der Waals surface area contributed by atoms with E-state index in [1.165, 1.54) is 6.33 Å². The zero-order valence-electron chi connectivity index (χ0n) is 19.7. The molecule has 35 heavy (non-hydrogen) atoms. The predicted octanol–water partition coefficient (Wildman–Crippen LogP) is 5.44. The van der Waals surface area contributed by atoms with Gasteiger partial charge in [0.2, 0.25) is 0 Å². The number of aryl methyl sites for hydroxylation is 1. The molecule has 0 spiro atoms. The summed E-state index contributed by atoms with van der Waals surface area (Å²) in [6.07, 6.45) is 3.29. The molecule has 0 radical (unpaired) electrons. The summed E-state index contributed by atoms with van der Waals surface area (Å²) in [5.74, 6) is 2.63. The second-order valence-corrected chi connectivity index (χ2v) is 8.04. The van der Waals surface area contributed by atoms with Gasteiger partial charge in [-0.05, 0) is 42.8 Å².